The molecule has 0 aromatic rings. The summed E-state index contributed by atoms with van der Waals surface area (Å²) in [5.41, 5.74) is 5.21. The number of amides is 2. The molecule has 0 saturated heterocycles. The number of nitrogens with two attached hydrogens (primary N) is 1. The summed E-state index contributed by atoms with van der Waals surface area (Å²) in [5, 5.41) is 11.2. The van der Waals surface area contributed by atoms with Gasteiger partial charge in [0.2, 0.25) is 12.3 Å². The van der Waals surface area contributed by atoms with Crippen LogP contribution in [0.1, 0.15) is 19.3 Å². The highest BCUT2D eigenvalue weighted by Crippen LogP contribution is 2.15. The number of thiocarbonyl (C=S) groups is 1. The first-order chi connectivity index (χ1) is 9.83. The van der Waals surface area contributed by atoms with E-state index in [1.54, 1.807) is 7.05 Å². The molecule has 0 spiro atoms. The first-order valence-corrected chi connectivity index (χ1v) is 6.48. The van der Waals surface area contributed by atoms with E-state index in [1.165, 1.54) is 4.90 Å². The van der Waals surface area contributed by atoms with Gasteiger partial charge in [0.1, 0.15) is 4.99 Å². The summed E-state index contributed by atoms with van der Waals surface area (Å²) in [6, 6.07) is 0. The van der Waals surface area contributed by atoms with Crippen LogP contribution in [0.25, 0.3) is 0 Å². The number of nitrogens with one attached hydrogen (secondary N) is 1. The molecule has 9 heteroatoms. The van der Waals surface area contributed by atoms with Crippen LogP contribution in [0.15, 0.2) is 11.3 Å². The lowest BCUT2D eigenvalue weighted by molar-refractivity contribution is -0.136. The summed E-state index contributed by atoms with van der Waals surface area (Å²) < 4.78 is 12.2. The van der Waals surface area contributed by atoms with Crippen molar-refractivity contribution in [2.24, 2.45) is 5.73 Å². The van der Waals surface area contributed by atoms with Gasteiger partial charge >= 0.3 is 5.97 Å². The van der Waals surface area contributed by atoms with E-state index >= 15 is 0 Å². The molecular formula is C12H18FN3O4S. The van der Waals surface area contributed by atoms with Crippen LogP contribution in [0.5, 0.6) is 0 Å². The number of hydrogen-bond donors (Lipinski definition) is 3. The predicted octanol–water partition coefficient (Wildman–Crippen LogP) is -0.0446. The Morgan fingerprint density at radius 1 is 1.43 bits per heavy atom. The van der Waals surface area contributed by atoms with Crippen molar-refractivity contribution in [3.63, 3.8) is 0 Å². The highest BCUT2D eigenvalue weighted by molar-refractivity contribution is 7.80. The predicted molar refractivity (Wildman–Crippen MR) is 78.1 cm³/mol. The molecule has 0 fully saturated rings. The second-order valence-corrected chi connectivity index (χ2v) is 4.59. The van der Waals surface area contributed by atoms with Crippen LogP contribution in [0, 0.1) is 0 Å². The first kappa shape index (κ1) is 19.0. The van der Waals surface area contributed by atoms with Crippen molar-refractivity contribution in [1.29, 1.82) is 0 Å². The van der Waals surface area contributed by atoms with Crippen molar-refractivity contribution >= 4 is 35.5 Å². The van der Waals surface area contributed by atoms with Gasteiger partial charge in [0.05, 0.1) is 19.5 Å². The number of carboxylic acids is 1. The molecule has 0 rings (SSSR count). The van der Waals surface area contributed by atoms with Crippen LogP contribution in [0.2, 0.25) is 0 Å². The molecule has 0 radical (unpaired) electrons. The topological polar surface area (TPSA) is 113 Å². The molecule has 0 atom stereocenters. The molecule has 2 amide bonds. The number of rotatable bonds is 10. The SMILES string of the molecule is CN(CCCF)C(=S)/C(CC(=O)O)=C(/CC(N)=O)NC=O. The molecule has 0 aromatic carbocycles. The Labute approximate surface area is 127 Å². The molecule has 21 heavy (non-hydrogen) atoms. The number of aliphatic carboxylic acids is 1. The van der Waals surface area contributed by atoms with Crippen molar-refractivity contribution < 1.29 is 23.9 Å². The van der Waals surface area contributed by atoms with Gasteiger partial charge in [0, 0.05) is 24.9 Å². The highest BCUT2D eigenvalue weighted by atomic mass is 32.1. The summed E-state index contributed by atoms with van der Waals surface area (Å²) >= 11 is 5.15. The van der Waals surface area contributed by atoms with Crippen LogP contribution < -0.4 is 11.1 Å². The number of alkyl halides is 1. The fraction of sp³-hybridized carbons (Fsp3) is 0.500. The minimum atomic E-state index is -1.18. The van der Waals surface area contributed by atoms with Gasteiger partial charge in [0.25, 0.3) is 0 Å². The van der Waals surface area contributed by atoms with Crippen molar-refractivity contribution in [2.45, 2.75) is 19.3 Å². The fourth-order valence-electron chi connectivity index (χ4n) is 1.58. The third kappa shape index (κ3) is 7.35. The fourth-order valence-corrected chi connectivity index (χ4v) is 1.87. The molecule has 0 aliphatic rings. The van der Waals surface area contributed by atoms with Gasteiger partial charge in [-0.25, -0.2) is 0 Å². The summed E-state index contributed by atoms with van der Waals surface area (Å²) in [6.07, 6.45) is -0.297. The number of carbonyl (C=O) groups excluding carboxylic acids is 2. The average molecular weight is 319 g/mol. The van der Waals surface area contributed by atoms with E-state index < -0.39 is 25.0 Å². The largest absolute Gasteiger partial charge is 0.481 e. The van der Waals surface area contributed by atoms with Crippen LogP contribution >= 0.6 is 12.2 Å². The zero-order valence-corrected chi connectivity index (χ0v) is 12.4. The lowest BCUT2D eigenvalue weighted by Crippen LogP contribution is -2.32. The average Bonchev–Trinajstić information content (AvgIpc) is 2.40. The molecule has 0 unspecified atom stereocenters. The number of halogens is 1. The number of hydrogen-bond acceptors (Lipinski definition) is 4. The molecule has 118 valence electrons. The molecule has 7 nitrogen and oxygen atoms in total. The van der Waals surface area contributed by atoms with Crippen molar-refractivity contribution in [3.8, 4) is 0 Å². The van der Waals surface area contributed by atoms with Gasteiger partial charge in [-0.2, -0.15) is 0 Å². The highest BCUT2D eigenvalue weighted by Gasteiger charge is 2.19. The van der Waals surface area contributed by atoms with Crippen LogP contribution in [0.3, 0.4) is 0 Å². The number of carboxylic acid groups (broad SMARTS) is 1. The third-order valence-corrected chi connectivity index (χ3v) is 3.07. The maximum atomic E-state index is 12.2. The molecular weight excluding hydrogens is 301 g/mol. The van der Waals surface area contributed by atoms with Gasteiger partial charge in [-0.3, -0.25) is 18.8 Å². The molecule has 0 saturated carbocycles. The molecule has 0 heterocycles. The number of carbonyl (C=O) groups is 3. The van der Waals surface area contributed by atoms with Crippen LogP contribution in [0.4, 0.5) is 4.39 Å². The molecule has 0 aliphatic heterocycles. The lowest BCUT2D eigenvalue weighted by Gasteiger charge is -2.23. The van der Waals surface area contributed by atoms with Gasteiger partial charge in [-0.05, 0) is 6.42 Å². The minimum absolute atomic E-state index is 0.0389. The zero-order chi connectivity index (χ0) is 16.4. The van der Waals surface area contributed by atoms with Crippen molar-refractivity contribution in [1.82, 2.24) is 10.2 Å². The maximum absolute atomic E-state index is 12.2. The van der Waals surface area contributed by atoms with E-state index in [2.05, 4.69) is 5.32 Å². The summed E-state index contributed by atoms with van der Waals surface area (Å²) in [6.45, 7) is -0.255. The number of nitrogens with zero attached hydrogens (tertiary/aromatic N) is 1. The zero-order valence-electron chi connectivity index (χ0n) is 11.6. The number of likely N-dealkylation sites (N-methyl/N-ethyl adjacent to an activating group) is 1. The Morgan fingerprint density at radius 3 is 2.48 bits per heavy atom. The van der Waals surface area contributed by atoms with E-state index in [0.29, 0.717) is 6.41 Å². The van der Waals surface area contributed by atoms with E-state index in [-0.39, 0.29) is 35.6 Å². The standard InChI is InChI=1S/C12H18FN3O4S/c1-16(4-2-3-13)12(21)8(5-11(19)20)9(15-7-17)6-10(14)18/h7H,2-6H2,1H3,(H2,14,18)(H,15,17)(H,19,20)/b9-8-. The Bertz CT molecular complexity index is 454. The summed E-state index contributed by atoms with van der Waals surface area (Å²) in [4.78, 5) is 34.2. The van der Waals surface area contributed by atoms with Crippen LogP contribution in [-0.4, -0.2) is 53.5 Å². The minimum Gasteiger partial charge on any atom is -0.481 e. The van der Waals surface area contributed by atoms with Crippen molar-refractivity contribution in [2.75, 3.05) is 20.3 Å². The molecule has 0 aliphatic carbocycles. The number of primary amides is 1. The lowest BCUT2D eigenvalue weighted by atomic mass is 10.1. The Kier molecular flexibility index (Phi) is 8.86. The van der Waals surface area contributed by atoms with E-state index in [0.717, 1.165) is 0 Å². The summed E-state index contributed by atoms with van der Waals surface area (Å²) in [7, 11) is 1.57. The molecule has 0 aromatic heterocycles. The van der Waals surface area contributed by atoms with Crippen LogP contribution in [-0.2, 0) is 14.4 Å². The normalized spacial score (nSPS) is 11.3. The molecule has 4 N–H and O–H groups in total. The van der Waals surface area contributed by atoms with E-state index in [1.807, 2.05) is 0 Å². The monoisotopic (exact) mass is 319 g/mol. The third-order valence-electron chi connectivity index (χ3n) is 2.51. The second kappa shape index (κ2) is 9.81. The van der Waals surface area contributed by atoms with Gasteiger partial charge in [0.15, 0.2) is 0 Å². The second-order valence-electron chi connectivity index (χ2n) is 4.20. The Balaban J connectivity index is 5.46. The van der Waals surface area contributed by atoms with Gasteiger partial charge in [-0.1, -0.05) is 12.2 Å². The summed E-state index contributed by atoms with van der Waals surface area (Å²) in [5.74, 6) is -1.92. The quantitative estimate of drug-likeness (QED) is 0.296. The van der Waals surface area contributed by atoms with E-state index in [4.69, 9.17) is 23.1 Å². The first-order valence-electron chi connectivity index (χ1n) is 6.07. The maximum Gasteiger partial charge on any atom is 0.307 e. The molecule has 0 bridgehead atoms. The van der Waals surface area contributed by atoms with Gasteiger partial charge < -0.3 is 21.1 Å². The Morgan fingerprint density at radius 2 is 2.05 bits per heavy atom. The van der Waals surface area contributed by atoms with Crippen molar-refractivity contribution in [3.05, 3.63) is 11.3 Å². The van der Waals surface area contributed by atoms with E-state index in [9.17, 15) is 18.8 Å². The Hall–Kier alpha value is -2.03. The smallest absolute Gasteiger partial charge is 0.307 e. The van der Waals surface area contributed by atoms with Gasteiger partial charge in [-0.15, -0.1) is 0 Å².